The molecule has 21 heavy (non-hydrogen) atoms. The van der Waals surface area contributed by atoms with Crippen LogP contribution < -0.4 is 0 Å². The number of rotatable bonds is 2. The molecule has 0 unspecified atom stereocenters. The van der Waals surface area contributed by atoms with Crippen LogP contribution >= 0.6 is 0 Å². The van der Waals surface area contributed by atoms with Crippen molar-refractivity contribution >= 4 is 11.2 Å². The molecule has 0 aliphatic heterocycles. The molecule has 2 aromatic carbocycles. The molecular weight excluding hydrogens is 258 g/mol. The van der Waals surface area contributed by atoms with Gasteiger partial charge in [-0.1, -0.05) is 42.5 Å². The first-order valence-electron chi connectivity index (χ1n) is 6.86. The van der Waals surface area contributed by atoms with Crippen molar-refractivity contribution in [3.8, 4) is 16.8 Å². The summed E-state index contributed by atoms with van der Waals surface area (Å²) in [6.07, 6.45) is 3.59. The quantitative estimate of drug-likeness (QED) is 0.550. The minimum atomic E-state index is 0.766. The lowest BCUT2D eigenvalue weighted by Gasteiger charge is -2.07. The van der Waals surface area contributed by atoms with Crippen LogP contribution in [-0.2, 0) is 0 Å². The van der Waals surface area contributed by atoms with Gasteiger partial charge >= 0.3 is 0 Å². The van der Waals surface area contributed by atoms with Crippen molar-refractivity contribution in [2.45, 2.75) is 0 Å². The number of imidazole rings is 1. The maximum absolute atomic E-state index is 4.35. The first-order valence-corrected chi connectivity index (χ1v) is 6.86. The molecule has 4 rings (SSSR count). The number of aromatic nitrogens is 3. The van der Waals surface area contributed by atoms with Gasteiger partial charge in [0.15, 0.2) is 5.65 Å². The molecule has 0 bridgehead atoms. The van der Waals surface area contributed by atoms with Crippen LogP contribution in [0.25, 0.3) is 28.0 Å². The summed E-state index contributed by atoms with van der Waals surface area (Å²) in [5.74, 6) is 0. The van der Waals surface area contributed by atoms with E-state index in [1.54, 1.807) is 6.20 Å². The highest BCUT2D eigenvalue weighted by molar-refractivity contribution is 5.74. The first-order chi connectivity index (χ1) is 10.4. The zero-order chi connectivity index (χ0) is 14.1. The SMILES string of the molecule is c1ccc(-c2cccc(-n3cnc4ncccc43)c2)cc1. The van der Waals surface area contributed by atoms with Crippen LogP contribution in [0.2, 0.25) is 0 Å². The Kier molecular flexibility index (Phi) is 2.75. The number of hydrogen-bond acceptors (Lipinski definition) is 2. The van der Waals surface area contributed by atoms with E-state index in [0.717, 1.165) is 16.9 Å². The van der Waals surface area contributed by atoms with Crippen LogP contribution in [0.4, 0.5) is 0 Å². The van der Waals surface area contributed by atoms with Crippen molar-refractivity contribution < 1.29 is 0 Å². The fraction of sp³-hybridized carbons (Fsp3) is 0. The van der Waals surface area contributed by atoms with Gasteiger partial charge in [-0.15, -0.1) is 0 Å². The Bertz CT molecular complexity index is 894. The van der Waals surface area contributed by atoms with E-state index in [1.807, 2.05) is 24.5 Å². The fourth-order valence-corrected chi connectivity index (χ4v) is 2.52. The third-order valence-electron chi connectivity index (χ3n) is 3.55. The third kappa shape index (κ3) is 2.09. The molecular formula is C18H13N3. The van der Waals surface area contributed by atoms with Crippen molar-refractivity contribution in [1.29, 1.82) is 0 Å². The normalized spacial score (nSPS) is 10.9. The molecule has 3 heteroatoms. The van der Waals surface area contributed by atoms with Crippen molar-refractivity contribution in [2.75, 3.05) is 0 Å². The highest BCUT2D eigenvalue weighted by Crippen LogP contribution is 2.23. The van der Waals surface area contributed by atoms with Gasteiger partial charge in [0.1, 0.15) is 6.33 Å². The van der Waals surface area contributed by atoms with Crippen molar-refractivity contribution in [3.05, 3.63) is 79.3 Å². The van der Waals surface area contributed by atoms with Gasteiger partial charge in [-0.05, 0) is 35.4 Å². The minimum absolute atomic E-state index is 0.766. The molecule has 0 aliphatic carbocycles. The van der Waals surface area contributed by atoms with Gasteiger partial charge in [0.25, 0.3) is 0 Å². The van der Waals surface area contributed by atoms with Gasteiger partial charge in [-0.2, -0.15) is 0 Å². The van der Waals surface area contributed by atoms with Gasteiger partial charge in [-0.25, -0.2) is 9.97 Å². The number of pyridine rings is 1. The molecule has 0 fully saturated rings. The zero-order valence-corrected chi connectivity index (χ0v) is 11.3. The van der Waals surface area contributed by atoms with Crippen molar-refractivity contribution in [1.82, 2.24) is 14.5 Å². The molecule has 2 heterocycles. The molecule has 0 N–H and O–H groups in total. The fourth-order valence-electron chi connectivity index (χ4n) is 2.52. The summed E-state index contributed by atoms with van der Waals surface area (Å²) < 4.78 is 2.06. The Morgan fingerprint density at radius 1 is 0.714 bits per heavy atom. The molecule has 0 amide bonds. The van der Waals surface area contributed by atoms with E-state index < -0.39 is 0 Å². The van der Waals surface area contributed by atoms with Crippen LogP contribution in [0.5, 0.6) is 0 Å². The lowest BCUT2D eigenvalue weighted by molar-refractivity contribution is 1.09. The summed E-state index contributed by atoms with van der Waals surface area (Å²) in [7, 11) is 0. The Morgan fingerprint density at radius 2 is 1.57 bits per heavy atom. The van der Waals surface area contributed by atoms with Gasteiger partial charge < -0.3 is 0 Å². The molecule has 4 aromatic rings. The van der Waals surface area contributed by atoms with E-state index in [4.69, 9.17) is 0 Å². The average molecular weight is 271 g/mol. The van der Waals surface area contributed by atoms with Crippen LogP contribution in [0.15, 0.2) is 79.3 Å². The summed E-state index contributed by atoms with van der Waals surface area (Å²) in [6.45, 7) is 0. The summed E-state index contributed by atoms with van der Waals surface area (Å²) >= 11 is 0. The molecule has 100 valence electrons. The molecule has 0 saturated carbocycles. The van der Waals surface area contributed by atoms with Gasteiger partial charge in [-0.3, -0.25) is 4.57 Å². The molecule has 0 aliphatic rings. The topological polar surface area (TPSA) is 30.7 Å². The summed E-state index contributed by atoms with van der Waals surface area (Å²) in [4.78, 5) is 8.63. The second kappa shape index (κ2) is 4.87. The van der Waals surface area contributed by atoms with Crippen molar-refractivity contribution in [3.63, 3.8) is 0 Å². The molecule has 0 saturated heterocycles. The second-order valence-electron chi connectivity index (χ2n) is 4.88. The lowest BCUT2D eigenvalue weighted by atomic mass is 10.1. The maximum Gasteiger partial charge on any atom is 0.177 e. The van der Waals surface area contributed by atoms with Crippen LogP contribution in [0.3, 0.4) is 0 Å². The Labute approximate surface area is 122 Å². The summed E-state index contributed by atoms with van der Waals surface area (Å²) in [5.41, 5.74) is 5.28. The number of fused-ring (bicyclic) bond motifs is 1. The standard InChI is InChI=1S/C18H13N3/c1-2-6-14(7-3-1)15-8-4-9-16(12-15)21-13-20-18-17(21)10-5-11-19-18/h1-13H. The molecule has 0 radical (unpaired) electrons. The Balaban J connectivity index is 1.87. The predicted octanol–water partition coefficient (Wildman–Crippen LogP) is 4.09. The third-order valence-corrected chi connectivity index (χ3v) is 3.55. The molecule has 2 aromatic heterocycles. The summed E-state index contributed by atoms with van der Waals surface area (Å²) in [5, 5.41) is 0. The zero-order valence-electron chi connectivity index (χ0n) is 11.3. The highest BCUT2D eigenvalue weighted by Gasteiger charge is 2.05. The second-order valence-corrected chi connectivity index (χ2v) is 4.88. The van der Waals surface area contributed by atoms with Gasteiger partial charge in [0.2, 0.25) is 0 Å². The predicted molar refractivity (Wildman–Crippen MR) is 84.3 cm³/mol. The van der Waals surface area contributed by atoms with Gasteiger partial charge in [0.05, 0.1) is 5.52 Å². The number of hydrogen-bond donors (Lipinski definition) is 0. The van der Waals surface area contributed by atoms with E-state index in [1.165, 1.54) is 11.1 Å². The van der Waals surface area contributed by atoms with E-state index in [2.05, 4.69) is 63.1 Å². The maximum atomic E-state index is 4.35. The first kappa shape index (κ1) is 11.9. The number of nitrogens with zero attached hydrogens (tertiary/aromatic N) is 3. The highest BCUT2D eigenvalue weighted by atomic mass is 15.1. The van der Waals surface area contributed by atoms with Crippen LogP contribution in [-0.4, -0.2) is 14.5 Å². The van der Waals surface area contributed by atoms with E-state index >= 15 is 0 Å². The average Bonchev–Trinajstić information content (AvgIpc) is 3.00. The Morgan fingerprint density at radius 3 is 2.48 bits per heavy atom. The largest absolute Gasteiger partial charge is 0.297 e. The van der Waals surface area contributed by atoms with Gasteiger partial charge in [0, 0.05) is 11.9 Å². The number of benzene rings is 2. The van der Waals surface area contributed by atoms with E-state index in [9.17, 15) is 0 Å². The van der Waals surface area contributed by atoms with Crippen molar-refractivity contribution in [2.24, 2.45) is 0 Å². The van der Waals surface area contributed by atoms with Crippen LogP contribution in [0, 0.1) is 0 Å². The summed E-state index contributed by atoms with van der Waals surface area (Å²) in [6, 6.07) is 22.8. The molecule has 0 spiro atoms. The van der Waals surface area contributed by atoms with E-state index in [0.29, 0.717) is 0 Å². The smallest absolute Gasteiger partial charge is 0.177 e. The minimum Gasteiger partial charge on any atom is -0.297 e. The van der Waals surface area contributed by atoms with Crippen LogP contribution in [0.1, 0.15) is 0 Å². The Hall–Kier alpha value is -2.94. The lowest BCUT2D eigenvalue weighted by Crippen LogP contribution is -1.92. The molecule has 3 nitrogen and oxygen atoms in total. The van der Waals surface area contributed by atoms with E-state index in [-0.39, 0.29) is 0 Å². The molecule has 0 atom stereocenters. The monoisotopic (exact) mass is 271 g/mol.